The third-order valence-electron chi connectivity index (χ3n) is 3.55. The Morgan fingerprint density at radius 3 is 2.83 bits per heavy atom. The van der Waals surface area contributed by atoms with Gasteiger partial charge in [-0.3, -0.25) is 4.79 Å². The average molecular weight is 356 g/mol. The van der Waals surface area contributed by atoms with E-state index in [4.69, 9.17) is 4.42 Å². The van der Waals surface area contributed by atoms with E-state index >= 15 is 0 Å². The van der Waals surface area contributed by atoms with E-state index in [1.54, 1.807) is 19.1 Å². The second-order valence-corrected chi connectivity index (χ2v) is 5.92. The molecule has 3 rings (SSSR count). The monoisotopic (exact) mass is 356 g/mol. The summed E-state index contributed by atoms with van der Waals surface area (Å²) in [4.78, 5) is 23.5. The fourth-order valence-electron chi connectivity index (χ4n) is 2.56. The summed E-state index contributed by atoms with van der Waals surface area (Å²) < 4.78 is 5.35. The number of carboxylic acids is 1. The number of aromatic carboxylic acids is 1. The van der Waals surface area contributed by atoms with Crippen molar-refractivity contribution in [2.24, 2.45) is 5.10 Å². The van der Waals surface area contributed by atoms with Crippen molar-refractivity contribution in [2.75, 3.05) is 0 Å². The van der Waals surface area contributed by atoms with Crippen molar-refractivity contribution in [1.82, 2.24) is 5.43 Å². The van der Waals surface area contributed by atoms with Gasteiger partial charge in [0.1, 0.15) is 11.7 Å². The van der Waals surface area contributed by atoms with Crippen LogP contribution in [0.3, 0.4) is 0 Å². The van der Waals surface area contributed by atoms with Crippen molar-refractivity contribution in [3.05, 3.63) is 45.0 Å². The largest absolute Gasteiger partial charge is 1.00 e. The second-order valence-electron chi connectivity index (χ2n) is 4.97. The van der Waals surface area contributed by atoms with E-state index in [0.717, 1.165) is 6.42 Å². The summed E-state index contributed by atoms with van der Waals surface area (Å²) in [6, 6.07) is 3.50. The van der Waals surface area contributed by atoms with Gasteiger partial charge in [0, 0.05) is 17.5 Å². The fraction of sp³-hybridized carbons (Fsp3) is 0.267. The molecular weight excluding hydrogens is 343 g/mol. The van der Waals surface area contributed by atoms with E-state index in [0.29, 0.717) is 40.3 Å². The molecule has 1 N–H and O–H groups in total. The van der Waals surface area contributed by atoms with Gasteiger partial charge in [-0.25, -0.2) is 5.43 Å². The van der Waals surface area contributed by atoms with Gasteiger partial charge in [0.15, 0.2) is 5.76 Å². The van der Waals surface area contributed by atoms with Crippen LogP contribution < -0.4 is 61.9 Å². The maximum atomic E-state index is 11.9. The first-order valence-electron chi connectivity index (χ1n) is 6.82. The summed E-state index contributed by atoms with van der Waals surface area (Å²) in [6.07, 6.45) is 2.10. The number of thiophene rings is 1. The first kappa shape index (κ1) is 18.6. The van der Waals surface area contributed by atoms with Gasteiger partial charge in [-0.15, -0.1) is 11.3 Å². The summed E-state index contributed by atoms with van der Waals surface area (Å²) in [5.41, 5.74) is 4.33. The number of hydrogen-bond donors (Lipinski definition) is 1. The summed E-state index contributed by atoms with van der Waals surface area (Å²) in [5.74, 6) is -1.19. The van der Waals surface area contributed by atoms with Gasteiger partial charge >= 0.3 is 51.4 Å². The SMILES string of the molecule is Cc1c(C(=O)[O-])oc2c1/C(=N/NC(=O)c1cccs1)CCC2.[K+]. The van der Waals surface area contributed by atoms with Crippen molar-refractivity contribution in [1.29, 1.82) is 0 Å². The van der Waals surface area contributed by atoms with Gasteiger partial charge in [-0.1, -0.05) is 6.07 Å². The zero-order chi connectivity index (χ0) is 15.7. The molecule has 1 aliphatic carbocycles. The molecule has 0 aromatic carbocycles. The van der Waals surface area contributed by atoms with E-state index in [1.807, 2.05) is 5.38 Å². The van der Waals surface area contributed by atoms with Crippen molar-refractivity contribution in [3.8, 4) is 0 Å². The molecule has 1 amide bonds. The van der Waals surface area contributed by atoms with Gasteiger partial charge < -0.3 is 14.3 Å². The number of furan rings is 1. The van der Waals surface area contributed by atoms with E-state index in [-0.39, 0.29) is 63.1 Å². The molecule has 2 aromatic rings. The van der Waals surface area contributed by atoms with Crippen molar-refractivity contribution in [3.63, 3.8) is 0 Å². The van der Waals surface area contributed by atoms with E-state index in [9.17, 15) is 14.7 Å². The molecule has 0 atom stereocenters. The molecule has 2 aromatic heterocycles. The number of aryl methyl sites for hydroxylation is 1. The van der Waals surface area contributed by atoms with Crippen molar-refractivity contribution in [2.45, 2.75) is 26.2 Å². The van der Waals surface area contributed by atoms with Crippen LogP contribution in [0.4, 0.5) is 0 Å². The first-order chi connectivity index (χ1) is 10.6. The number of carboxylic acid groups (broad SMARTS) is 1. The third-order valence-corrected chi connectivity index (χ3v) is 4.42. The Hall–Kier alpha value is -0.774. The maximum absolute atomic E-state index is 11.9. The van der Waals surface area contributed by atoms with Crippen LogP contribution in [-0.4, -0.2) is 17.6 Å². The van der Waals surface area contributed by atoms with Crippen LogP contribution >= 0.6 is 11.3 Å². The Kier molecular flexibility index (Phi) is 6.35. The summed E-state index contributed by atoms with van der Waals surface area (Å²) >= 11 is 1.33. The zero-order valence-electron chi connectivity index (χ0n) is 12.8. The van der Waals surface area contributed by atoms with Gasteiger partial charge in [0.05, 0.1) is 10.6 Å². The number of nitrogens with one attached hydrogen (secondary N) is 1. The number of hydrazone groups is 1. The van der Waals surface area contributed by atoms with E-state index < -0.39 is 5.97 Å². The summed E-state index contributed by atoms with van der Waals surface area (Å²) in [5, 5.41) is 17.0. The number of fused-ring (bicyclic) bond motifs is 1. The predicted molar refractivity (Wildman–Crippen MR) is 79.0 cm³/mol. The molecule has 1 aliphatic rings. The number of rotatable bonds is 3. The molecule has 0 saturated heterocycles. The molecule has 23 heavy (non-hydrogen) atoms. The Balaban J connectivity index is 0.00000192. The average Bonchev–Trinajstić information content (AvgIpc) is 3.13. The molecule has 0 spiro atoms. The van der Waals surface area contributed by atoms with E-state index in [2.05, 4.69) is 10.5 Å². The van der Waals surface area contributed by atoms with Crippen LogP contribution in [0, 0.1) is 6.92 Å². The Morgan fingerprint density at radius 2 is 2.17 bits per heavy atom. The minimum atomic E-state index is -1.34. The molecule has 0 unspecified atom stereocenters. The fourth-order valence-corrected chi connectivity index (χ4v) is 3.17. The molecule has 0 saturated carbocycles. The summed E-state index contributed by atoms with van der Waals surface area (Å²) in [7, 11) is 0. The van der Waals surface area contributed by atoms with Crippen LogP contribution in [0.5, 0.6) is 0 Å². The minimum absolute atomic E-state index is 0. The molecular formula is C15H13KN2O4S. The maximum Gasteiger partial charge on any atom is 1.00 e. The van der Waals surface area contributed by atoms with Gasteiger partial charge in [0.2, 0.25) is 0 Å². The van der Waals surface area contributed by atoms with Crippen LogP contribution in [-0.2, 0) is 6.42 Å². The molecule has 6 nitrogen and oxygen atoms in total. The molecule has 8 heteroatoms. The number of carbonyl (C=O) groups is 2. The minimum Gasteiger partial charge on any atom is -0.542 e. The Labute approximate surface area is 179 Å². The Bertz CT molecular complexity index is 765. The first-order valence-corrected chi connectivity index (χ1v) is 7.70. The van der Waals surface area contributed by atoms with Crippen molar-refractivity contribution < 1.29 is 70.5 Å². The molecule has 0 fully saturated rings. The smallest absolute Gasteiger partial charge is 0.542 e. The zero-order valence-corrected chi connectivity index (χ0v) is 16.8. The number of hydrogen-bond acceptors (Lipinski definition) is 6. The number of amides is 1. The van der Waals surface area contributed by atoms with Crippen LogP contribution in [0.15, 0.2) is 27.0 Å². The second kappa shape index (κ2) is 7.87. The quantitative estimate of drug-likeness (QED) is 0.534. The van der Waals surface area contributed by atoms with Crippen molar-refractivity contribution >= 4 is 28.9 Å². The van der Waals surface area contributed by atoms with Gasteiger partial charge in [-0.2, -0.15) is 5.10 Å². The Morgan fingerprint density at radius 1 is 1.39 bits per heavy atom. The predicted octanol–water partition coefficient (Wildman–Crippen LogP) is -1.51. The topological polar surface area (TPSA) is 94.7 Å². The standard InChI is InChI=1S/C15H14N2O4S.K/c1-8-12-9(16-17-14(18)11-6-3-7-22-11)4-2-5-10(12)21-13(8)15(19)20;/h3,6-7H,2,4-5H2,1H3,(H,17,18)(H,19,20);/q;+1/p-1/b16-9+;. The molecule has 114 valence electrons. The van der Waals surface area contributed by atoms with Crippen LogP contribution in [0.2, 0.25) is 0 Å². The van der Waals surface area contributed by atoms with Crippen LogP contribution in [0.1, 0.15) is 50.0 Å². The molecule has 2 heterocycles. The van der Waals surface area contributed by atoms with Crippen LogP contribution in [0.25, 0.3) is 0 Å². The molecule has 0 radical (unpaired) electrons. The third kappa shape index (κ3) is 3.84. The normalized spacial score (nSPS) is 14.9. The molecule has 0 aliphatic heterocycles. The van der Waals surface area contributed by atoms with E-state index in [1.165, 1.54) is 11.3 Å². The molecule has 0 bridgehead atoms. The van der Waals surface area contributed by atoms with Gasteiger partial charge in [-0.05, 0) is 31.2 Å². The number of nitrogens with zero attached hydrogens (tertiary/aromatic N) is 1. The number of carbonyl (C=O) groups excluding carboxylic acids is 2. The summed E-state index contributed by atoms with van der Waals surface area (Å²) in [6.45, 7) is 1.66. The van der Waals surface area contributed by atoms with Gasteiger partial charge in [0.25, 0.3) is 5.91 Å².